The lowest BCUT2D eigenvalue weighted by Crippen LogP contribution is -2.00. The number of nitrogens with zero attached hydrogens (tertiary/aromatic N) is 2. The van der Waals surface area contributed by atoms with Crippen LogP contribution in [0.4, 0.5) is 0 Å². The molecule has 0 amide bonds. The predicted molar refractivity (Wildman–Crippen MR) is 79.9 cm³/mol. The maximum atomic E-state index is 12.4. The van der Waals surface area contributed by atoms with Crippen molar-refractivity contribution in [3.8, 4) is 0 Å². The first kappa shape index (κ1) is 13.0. The molecule has 1 N–H and O–H groups in total. The van der Waals surface area contributed by atoms with Crippen LogP contribution in [-0.4, -0.2) is 19.2 Å². The van der Waals surface area contributed by atoms with Gasteiger partial charge in [0.1, 0.15) is 0 Å². The Morgan fingerprint density at radius 1 is 1.25 bits per heavy atom. The highest BCUT2D eigenvalue weighted by molar-refractivity contribution is 7.84. The van der Waals surface area contributed by atoms with Gasteiger partial charge >= 0.3 is 0 Å². The lowest BCUT2D eigenvalue weighted by molar-refractivity contribution is 0.677. The third kappa shape index (κ3) is 2.49. The fourth-order valence-electron chi connectivity index (χ4n) is 2.24. The normalized spacial score (nSPS) is 12.7. The highest BCUT2D eigenvalue weighted by Crippen LogP contribution is 2.20. The Labute approximate surface area is 119 Å². The summed E-state index contributed by atoms with van der Waals surface area (Å²) in [6, 6.07) is 9.72. The highest BCUT2D eigenvalue weighted by Gasteiger charge is 2.12. The number of rotatable bonds is 3. The van der Waals surface area contributed by atoms with Crippen molar-refractivity contribution in [1.82, 2.24) is 15.0 Å². The molecule has 0 saturated carbocycles. The van der Waals surface area contributed by atoms with E-state index in [1.165, 1.54) is 5.56 Å². The van der Waals surface area contributed by atoms with Gasteiger partial charge in [-0.05, 0) is 43.2 Å². The second-order valence-electron chi connectivity index (χ2n) is 4.83. The molecule has 20 heavy (non-hydrogen) atoms. The molecule has 0 radical (unpaired) electrons. The van der Waals surface area contributed by atoms with Crippen LogP contribution in [0.15, 0.2) is 41.7 Å². The Bertz CT molecular complexity index is 780. The first-order valence-corrected chi connectivity index (χ1v) is 7.70. The average Bonchev–Trinajstić information content (AvgIpc) is 2.84. The number of aryl methyl sites for hydroxylation is 2. The van der Waals surface area contributed by atoms with Gasteiger partial charge in [-0.1, -0.05) is 12.1 Å². The lowest BCUT2D eigenvalue weighted by atomic mass is 10.1. The van der Waals surface area contributed by atoms with Crippen LogP contribution in [0.2, 0.25) is 0 Å². The van der Waals surface area contributed by atoms with Crippen LogP contribution >= 0.6 is 0 Å². The second kappa shape index (κ2) is 5.17. The molecule has 0 bridgehead atoms. The van der Waals surface area contributed by atoms with E-state index in [-0.39, 0.29) is 0 Å². The topological polar surface area (TPSA) is 58.6 Å². The van der Waals surface area contributed by atoms with E-state index in [1.54, 1.807) is 6.20 Å². The number of fused-ring (bicyclic) bond motifs is 1. The Balaban J connectivity index is 1.94. The van der Waals surface area contributed by atoms with Crippen molar-refractivity contribution in [2.45, 2.75) is 24.8 Å². The van der Waals surface area contributed by atoms with Crippen LogP contribution < -0.4 is 0 Å². The minimum atomic E-state index is -1.21. The summed E-state index contributed by atoms with van der Waals surface area (Å²) >= 11 is 0. The molecule has 0 saturated heterocycles. The fraction of sp³-hybridized carbons (Fsp3) is 0.200. The monoisotopic (exact) mass is 285 g/mol. The van der Waals surface area contributed by atoms with Gasteiger partial charge in [0.2, 0.25) is 0 Å². The molecule has 1 unspecified atom stereocenters. The van der Waals surface area contributed by atoms with E-state index >= 15 is 0 Å². The number of hydrogen-bond acceptors (Lipinski definition) is 3. The van der Waals surface area contributed by atoms with Crippen LogP contribution in [-0.2, 0) is 16.6 Å². The third-order valence-corrected chi connectivity index (χ3v) is 4.30. The lowest BCUT2D eigenvalue weighted by Gasteiger charge is -1.97. The second-order valence-corrected chi connectivity index (χ2v) is 6.20. The summed E-state index contributed by atoms with van der Waals surface area (Å²) in [6.45, 7) is 4.05. The number of pyridine rings is 1. The molecule has 102 valence electrons. The van der Waals surface area contributed by atoms with E-state index < -0.39 is 10.8 Å². The minimum Gasteiger partial charge on any atom is -0.331 e. The van der Waals surface area contributed by atoms with Gasteiger partial charge < -0.3 is 4.98 Å². The molecule has 2 heterocycles. The quantitative estimate of drug-likeness (QED) is 0.805. The molecule has 1 aromatic carbocycles. The van der Waals surface area contributed by atoms with Gasteiger partial charge in [0, 0.05) is 6.20 Å². The average molecular weight is 285 g/mol. The number of hydrogen-bond donors (Lipinski definition) is 1. The van der Waals surface area contributed by atoms with Gasteiger partial charge in [0.25, 0.3) is 0 Å². The summed E-state index contributed by atoms with van der Waals surface area (Å²) in [5.74, 6) is 0.374. The van der Waals surface area contributed by atoms with E-state index in [2.05, 4.69) is 21.0 Å². The summed E-state index contributed by atoms with van der Waals surface area (Å²) in [5.41, 5.74) is 4.89. The van der Waals surface area contributed by atoms with Crippen LogP contribution in [0.1, 0.15) is 16.8 Å². The fourth-order valence-corrected chi connectivity index (χ4v) is 3.24. The molecular formula is C15H15N3OS. The maximum absolute atomic E-state index is 12.4. The van der Waals surface area contributed by atoms with Crippen molar-refractivity contribution in [3.63, 3.8) is 0 Å². The summed E-state index contributed by atoms with van der Waals surface area (Å²) in [5, 5.41) is 0.513. The van der Waals surface area contributed by atoms with Crippen molar-refractivity contribution in [2.75, 3.05) is 0 Å². The Morgan fingerprint density at radius 2 is 2.10 bits per heavy atom. The molecule has 1 atom stereocenters. The standard InChI is InChI=1S/C15H15N3OS/c1-10-7-11(2)14-13(8-10)17-15(18-14)20(19)9-12-5-3-4-6-16-12/h3-8H,9H2,1-2H3,(H,17,18). The summed E-state index contributed by atoms with van der Waals surface area (Å²) in [7, 11) is -1.21. The van der Waals surface area contributed by atoms with E-state index in [9.17, 15) is 4.21 Å². The zero-order valence-electron chi connectivity index (χ0n) is 11.4. The zero-order chi connectivity index (χ0) is 14.1. The van der Waals surface area contributed by atoms with E-state index in [0.717, 1.165) is 22.3 Å². The number of H-pyrrole nitrogens is 1. The van der Waals surface area contributed by atoms with Crippen molar-refractivity contribution < 1.29 is 4.21 Å². The van der Waals surface area contributed by atoms with Crippen molar-refractivity contribution in [3.05, 3.63) is 53.3 Å². The third-order valence-electron chi connectivity index (χ3n) is 3.12. The maximum Gasteiger partial charge on any atom is 0.197 e. The largest absolute Gasteiger partial charge is 0.331 e. The highest BCUT2D eigenvalue weighted by atomic mass is 32.2. The predicted octanol–water partition coefficient (Wildman–Crippen LogP) is 2.88. The summed E-state index contributed by atoms with van der Waals surface area (Å²) in [4.78, 5) is 11.8. The first-order chi connectivity index (χ1) is 9.63. The molecule has 0 aliphatic heterocycles. The van der Waals surface area contributed by atoms with Gasteiger partial charge in [0.15, 0.2) is 5.16 Å². The van der Waals surface area contributed by atoms with Gasteiger partial charge in [-0.25, -0.2) is 4.98 Å². The first-order valence-electron chi connectivity index (χ1n) is 6.39. The number of aromatic nitrogens is 3. The molecular weight excluding hydrogens is 270 g/mol. The Hall–Kier alpha value is -2.01. The van der Waals surface area contributed by atoms with Crippen LogP contribution in [0.3, 0.4) is 0 Å². The minimum absolute atomic E-state index is 0.374. The SMILES string of the molecule is Cc1cc(C)c2nc(S(=O)Cc3ccccn3)[nH]c2c1. The van der Waals surface area contributed by atoms with E-state index in [1.807, 2.05) is 38.1 Å². The van der Waals surface area contributed by atoms with Gasteiger partial charge in [-0.15, -0.1) is 0 Å². The Morgan fingerprint density at radius 3 is 2.85 bits per heavy atom. The van der Waals surface area contributed by atoms with Crippen molar-refractivity contribution in [2.24, 2.45) is 0 Å². The molecule has 0 spiro atoms. The van der Waals surface area contributed by atoms with Crippen LogP contribution in [0.25, 0.3) is 11.0 Å². The van der Waals surface area contributed by atoms with Crippen molar-refractivity contribution in [1.29, 1.82) is 0 Å². The van der Waals surface area contributed by atoms with Gasteiger partial charge in [-0.3, -0.25) is 9.19 Å². The smallest absolute Gasteiger partial charge is 0.197 e. The van der Waals surface area contributed by atoms with Crippen LogP contribution in [0.5, 0.6) is 0 Å². The summed E-state index contributed by atoms with van der Waals surface area (Å²) < 4.78 is 12.4. The molecule has 2 aromatic heterocycles. The van der Waals surface area contributed by atoms with E-state index in [4.69, 9.17) is 0 Å². The Kier molecular flexibility index (Phi) is 3.36. The molecule has 0 fully saturated rings. The van der Waals surface area contributed by atoms with E-state index in [0.29, 0.717) is 10.9 Å². The number of aromatic amines is 1. The number of nitrogens with one attached hydrogen (secondary N) is 1. The van der Waals surface area contributed by atoms with Crippen molar-refractivity contribution >= 4 is 21.8 Å². The molecule has 5 heteroatoms. The van der Waals surface area contributed by atoms with Gasteiger partial charge in [-0.2, -0.15) is 0 Å². The molecule has 4 nitrogen and oxygen atoms in total. The molecule has 3 aromatic rings. The molecule has 0 aliphatic carbocycles. The molecule has 0 aliphatic rings. The van der Waals surface area contributed by atoms with Gasteiger partial charge in [0.05, 0.1) is 33.3 Å². The zero-order valence-corrected chi connectivity index (χ0v) is 12.2. The van der Waals surface area contributed by atoms with Crippen LogP contribution in [0, 0.1) is 13.8 Å². The number of imidazole rings is 1. The summed E-state index contributed by atoms with van der Waals surface area (Å²) in [6.07, 6.45) is 1.71. The molecule has 3 rings (SSSR count). The number of benzene rings is 1.